The lowest BCUT2D eigenvalue weighted by atomic mass is 9.95. The topological polar surface area (TPSA) is 55.9 Å². The number of fused-ring (bicyclic) bond motifs is 1. The average molecular weight is 427 g/mol. The van der Waals surface area contributed by atoms with E-state index in [0.717, 1.165) is 42.6 Å². The molecule has 158 valence electrons. The van der Waals surface area contributed by atoms with Crippen LogP contribution in [0.1, 0.15) is 20.8 Å². The van der Waals surface area contributed by atoms with Crippen LogP contribution in [0.3, 0.4) is 0 Å². The largest absolute Gasteiger partial charge is 0.368 e. The molecule has 6 nitrogen and oxygen atoms in total. The van der Waals surface area contributed by atoms with E-state index in [9.17, 15) is 9.59 Å². The van der Waals surface area contributed by atoms with Crippen molar-refractivity contribution in [2.24, 2.45) is 0 Å². The molecule has 4 rings (SSSR count). The van der Waals surface area contributed by atoms with Gasteiger partial charge in [-0.1, -0.05) is 35.9 Å². The standard InChI is InChI=1S/C23H27ClN4O2/c1-16(26-12-14-27(15-13-26)19-10-6-4-8-17(19)24)21(29)28-20-11-7-5-9-18(20)25-22(30)23(28,2)3/h4-11,16H,12-15H2,1-3H3,(H,25,30)/t16-/m1/s1. The third kappa shape index (κ3) is 3.55. The number of amides is 2. The monoisotopic (exact) mass is 426 g/mol. The van der Waals surface area contributed by atoms with Crippen molar-refractivity contribution in [2.45, 2.75) is 32.4 Å². The van der Waals surface area contributed by atoms with Crippen LogP contribution in [-0.2, 0) is 9.59 Å². The van der Waals surface area contributed by atoms with E-state index in [2.05, 4.69) is 15.1 Å². The van der Waals surface area contributed by atoms with E-state index < -0.39 is 5.54 Å². The highest BCUT2D eigenvalue weighted by molar-refractivity contribution is 6.33. The van der Waals surface area contributed by atoms with Crippen molar-refractivity contribution in [3.63, 3.8) is 0 Å². The van der Waals surface area contributed by atoms with Crippen LogP contribution >= 0.6 is 11.6 Å². The van der Waals surface area contributed by atoms with Crippen LogP contribution in [0.5, 0.6) is 0 Å². The number of nitrogens with zero attached hydrogens (tertiary/aromatic N) is 3. The number of piperazine rings is 1. The molecule has 1 saturated heterocycles. The van der Waals surface area contributed by atoms with Crippen molar-refractivity contribution in [1.82, 2.24) is 4.90 Å². The Morgan fingerprint density at radius 1 is 1.00 bits per heavy atom. The molecule has 1 atom stereocenters. The molecule has 2 aliphatic heterocycles. The molecular weight excluding hydrogens is 400 g/mol. The van der Waals surface area contributed by atoms with Crippen LogP contribution in [0.4, 0.5) is 17.1 Å². The summed E-state index contributed by atoms with van der Waals surface area (Å²) in [6.45, 7) is 8.60. The molecule has 1 N–H and O–H groups in total. The second kappa shape index (κ2) is 7.93. The smallest absolute Gasteiger partial charge is 0.250 e. The molecule has 0 aliphatic carbocycles. The van der Waals surface area contributed by atoms with Gasteiger partial charge in [0, 0.05) is 26.2 Å². The van der Waals surface area contributed by atoms with Gasteiger partial charge in [0.1, 0.15) is 5.54 Å². The number of para-hydroxylation sites is 3. The Hall–Kier alpha value is -2.57. The Morgan fingerprint density at radius 2 is 1.60 bits per heavy atom. The fraction of sp³-hybridized carbons (Fsp3) is 0.391. The minimum atomic E-state index is -0.959. The third-order valence-corrected chi connectivity index (χ3v) is 6.46. The molecule has 2 aliphatic rings. The lowest BCUT2D eigenvalue weighted by molar-refractivity contribution is -0.129. The summed E-state index contributed by atoms with van der Waals surface area (Å²) in [6, 6.07) is 15.0. The van der Waals surface area contributed by atoms with Crippen LogP contribution in [0, 0.1) is 0 Å². The SMILES string of the molecule is C[C@H](C(=O)N1c2ccccc2NC(=O)C1(C)C)N1CCN(c2ccccc2Cl)CC1. The molecule has 0 saturated carbocycles. The van der Waals surface area contributed by atoms with Crippen molar-refractivity contribution in [2.75, 3.05) is 41.3 Å². The summed E-state index contributed by atoms with van der Waals surface area (Å²) < 4.78 is 0. The predicted molar refractivity (Wildman–Crippen MR) is 121 cm³/mol. The number of rotatable bonds is 3. The van der Waals surface area contributed by atoms with E-state index in [-0.39, 0.29) is 17.9 Å². The number of anilines is 3. The average Bonchev–Trinajstić information content (AvgIpc) is 2.74. The number of hydrogen-bond acceptors (Lipinski definition) is 4. The first-order valence-corrected chi connectivity index (χ1v) is 10.7. The first-order chi connectivity index (χ1) is 14.3. The Kier molecular flexibility index (Phi) is 5.47. The van der Waals surface area contributed by atoms with Gasteiger partial charge in [0.25, 0.3) is 0 Å². The molecule has 1 fully saturated rings. The van der Waals surface area contributed by atoms with E-state index in [1.165, 1.54) is 0 Å². The maximum atomic E-state index is 13.6. The summed E-state index contributed by atoms with van der Waals surface area (Å²) in [5.74, 6) is -0.237. The zero-order valence-electron chi connectivity index (χ0n) is 17.6. The zero-order chi connectivity index (χ0) is 21.5. The van der Waals surface area contributed by atoms with E-state index in [0.29, 0.717) is 5.69 Å². The van der Waals surface area contributed by atoms with Crippen molar-refractivity contribution in [1.29, 1.82) is 0 Å². The van der Waals surface area contributed by atoms with Gasteiger partial charge < -0.3 is 10.2 Å². The first-order valence-electron chi connectivity index (χ1n) is 10.3. The quantitative estimate of drug-likeness (QED) is 0.814. The predicted octanol–water partition coefficient (Wildman–Crippen LogP) is 3.61. The molecule has 0 radical (unpaired) electrons. The number of halogens is 1. The maximum Gasteiger partial charge on any atom is 0.250 e. The van der Waals surface area contributed by atoms with Crippen molar-refractivity contribution in [3.8, 4) is 0 Å². The highest BCUT2D eigenvalue weighted by atomic mass is 35.5. The summed E-state index contributed by atoms with van der Waals surface area (Å²) in [5.41, 5.74) is 1.49. The van der Waals surface area contributed by atoms with Gasteiger partial charge >= 0.3 is 0 Å². The fourth-order valence-electron chi connectivity index (χ4n) is 4.25. The van der Waals surface area contributed by atoms with Crippen molar-refractivity contribution >= 4 is 40.5 Å². The minimum Gasteiger partial charge on any atom is -0.368 e. The molecule has 0 unspecified atom stereocenters. The van der Waals surface area contributed by atoms with Crippen LogP contribution in [0.2, 0.25) is 5.02 Å². The van der Waals surface area contributed by atoms with Gasteiger partial charge in [-0.05, 0) is 45.0 Å². The van der Waals surface area contributed by atoms with Crippen molar-refractivity contribution < 1.29 is 9.59 Å². The van der Waals surface area contributed by atoms with Crippen molar-refractivity contribution in [3.05, 3.63) is 53.6 Å². The number of carbonyl (C=O) groups is 2. The summed E-state index contributed by atoms with van der Waals surface area (Å²) >= 11 is 6.35. The van der Waals surface area contributed by atoms with Gasteiger partial charge in [-0.3, -0.25) is 19.4 Å². The summed E-state index contributed by atoms with van der Waals surface area (Å²) in [4.78, 5) is 32.4. The first kappa shape index (κ1) is 20.7. The van der Waals surface area contributed by atoms with Crippen LogP contribution in [0.15, 0.2) is 48.5 Å². The Labute approximate surface area is 182 Å². The summed E-state index contributed by atoms with van der Waals surface area (Å²) in [5, 5.41) is 3.66. The van der Waals surface area contributed by atoms with E-state index >= 15 is 0 Å². The summed E-state index contributed by atoms with van der Waals surface area (Å²) in [6.07, 6.45) is 0. The van der Waals surface area contributed by atoms with Crippen LogP contribution in [-0.4, -0.2) is 54.5 Å². The minimum absolute atomic E-state index is 0.0616. The van der Waals surface area contributed by atoms with Gasteiger partial charge in [0.15, 0.2) is 0 Å². The van der Waals surface area contributed by atoms with Gasteiger partial charge in [0.2, 0.25) is 11.8 Å². The molecule has 30 heavy (non-hydrogen) atoms. The highest BCUT2D eigenvalue weighted by Crippen LogP contribution is 2.37. The molecule has 7 heteroatoms. The van der Waals surface area contributed by atoms with Crippen LogP contribution < -0.4 is 15.1 Å². The van der Waals surface area contributed by atoms with Gasteiger partial charge in [0.05, 0.1) is 28.1 Å². The lowest BCUT2D eigenvalue weighted by Gasteiger charge is -2.45. The second-order valence-corrected chi connectivity index (χ2v) is 8.76. The molecule has 2 aromatic carbocycles. The van der Waals surface area contributed by atoms with Gasteiger partial charge in [-0.25, -0.2) is 0 Å². The van der Waals surface area contributed by atoms with E-state index in [1.54, 1.807) is 18.7 Å². The number of carbonyl (C=O) groups excluding carboxylic acids is 2. The highest BCUT2D eigenvalue weighted by Gasteiger charge is 2.45. The molecule has 2 heterocycles. The summed E-state index contributed by atoms with van der Waals surface area (Å²) in [7, 11) is 0. The van der Waals surface area contributed by atoms with E-state index in [4.69, 9.17) is 11.6 Å². The number of hydrogen-bond donors (Lipinski definition) is 1. The fourth-order valence-corrected chi connectivity index (χ4v) is 4.50. The Bertz CT molecular complexity index is 969. The normalized spacial score (nSPS) is 19.8. The molecule has 2 aromatic rings. The number of benzene rings is 2. The lowest BCUT2D eigenvalue weighted by Crippen LogP contribution is -2.63. The zero-order valence-corrected chi connectivity index (χ0v) is 18.3. The van der Waals surface area contributed by atoms with Gasteiger partial charge in [-0.2, -0.15) is 0 Å². The molecular formula is C23H27ClN4O2. The molecule has 0 spiro atoms. The van der Waals surface area contributed by atoms with E-state index in [1.807, 2.05) is 55.5 Å². The third-order valence-electron chi connectivity index (χ3n) is 6.14. The Morgan fingerprint density at radius 3 is 2.27 bits per heavy atom. The maximum absolute atomic E-state index is 13.6. The number of nitrogens with one attached hydrogen (secondary N) is 1. The van der Waals surface area contributed by atoms with Gasteiger partial charge in [-0.15, -0.1) is 0 Å². The molecule has 0 bridgehead atoms. The second-order valence-electron chi connectivity index (χ2n) is 8.35. The molecule has 0 aromatic heterocycles. The molecule has 2 amide bonds. The van der Waals surface area contributed by atoms with Crippen LogP contribution in [0.25, 0.3) is 0 Å². The Balaban J connectivity index is 1.52.